The first-order chi connectivity index (χ1) is 12.5. The van der Waals surface area contributed by atoms with Gasteiger partial charge in [0.15, 0.2) is 0 Å². The monoisotopic (exact) mass is 396 g/mol. The molecule has 0 saturated carbocycles. The number of hydrogen-bond acceptors (Lipinski definition) is 7. The molecule has 1 aromatic carbocycles. The van der Waals surface area contributed by atoms with Gasteiger partial charge >= 0.3 is 5.97 Å². The molecule has 1 atom stereocenters. The maximum Gasteiger partial charge on any atom is 0.340 e. The van der Waals surface area contributed by atoms with Gasteiger partial charge < -0.3 is 14.8 Å². The maximum atomic E-state index is 12.4. The van der Waals surface area contributed by atoms with Gasteiger partial charge in [-0.15, -0.1) is 0 Å². The highest BCUT2D eigenvalue weighted by Crippen LogP contribution is 2.30. The van der Waals surface area contributed by atoms with E-state index in [1.807, 2.05) is 0 Å². The zero-order chi connectivity index (χ0) is 19.1. The van der Waals surface area contributed by atoms with Crippen molar-refractivity contribution in [2.75, 3.05) is 32.2 Å². The standard InChI is InChI=1S/C17H20N2O5S2/c1-3-24-16(22)11-6-4-5-7-12(11)18-14(20)10-13-15(21)19(8-9-23-2)17(25)26-13/h4-7,13H,3,8-10H2,1-2H3,(H,18,20). The number of amides is 2. The van der Waals surface area contributed by atoms with Crippen molar-refractivity contribution in [3.8, 4) is 0 Å². The second-order valence-corrected chi connectivity index (χ2v) is 7.21. The number of para-hydroxylation sites is 1. The van der Waals surface area contributed by atoms with Crippen LogP contribution in [-0.2, 0) is 19.1 Å². The molecule has 0 spiro atoms. The van der Waals surface area contributed by atoms with Gasteiger partial charge in [-0.2, -0.15) is 0 Å². The van der Waals surface area contributed by atoms with E-state index in [4.69, 9.17) is 21.7 Å². The van der Waals surface area contributed by atoms with Gasteiger partial charge in [0.1, 0.15) is 4.32 Å². The average molecular weight is 396 g/mol. The molecule has 2 rings (SSSR count). The second kappa shape index (κ2) is 9.65. The molecule has 7 nitrogen and oxygen atoms in total. The number of ether oxygens (including phenoxy) is 2. The van der Waals surface area contributed by atoms with Crippen LogP contribution in [0.3, 0.4) is 0 Å². The van der Waals surface area contributed by atoms with E-state index in [-0.39, 0.29) is 30.4 Å². The summed E-state index contributed by atoms with van der Waals surface area (Å²) in [7, 11) is 1.54. The lowest BCUT2D eigenvalue weighted by atomic mass is 10.1. The fraction of sp³-hybridized carbons (Fsp3) is 0.412. The molecule has 1 fully saturated rings. The molecule has 1 aromatic rings. The first kappa shape index (κ1) is 20.3. The van der Waals surface area contributed by atoms with Crippen molar-refractivity contribution in [1.29, 1.82) is 0 Å². The van der Waals surface area contributed by atoms with Crippen molar-refractivity contribution < 1.29 is 23.9 Å². The average Bonchev–Trinajstić information content (AvgIpc) is 2.87. The van der Waals surface area contributed by atoms with Crippen LogP contribution < -0.4 is 5.32 Å². The number of nitrogens with zero attached hydrogens (tertiary/aromatic N) is 1. The summed E-state index contributed by atoms with van der Waals surface area (Å²) < 4.78 is 10.4. The Morgan fingerprint density at radius 2 is 2.08 bits per heavy atom. The number of thioether (sulfide) groups is 1. The minimum Gasteiger partial charge on any atom is -0.462 e. The van der Waals surface area contributed by atoms with Crippen molar-refractivity contribution in [3.63, 3.8) is 0 Å². The van der Waals surface area contributed by atoms with E-state index in [0.717, 1.165) is 0 Å². The normalized spacial score (nSPS) is 16.7. The van der Waals surface area contributed by atoms with Gasteiger partial charge in [-0.1, -0.05) is 36.1 Å². The SMILES string of the molecule is CCOC(=O)c1ccccc1NC(=O)CC1SC(=S)N(CCOC)C1=O. The Labute approximate surface area is 161 Å². The number of nitrogens with one attached hydrogen (secondary N) is 1. The van der Waals surface area contributed by atoms with E-state index in [9.17, 15) is 14.4 Å². The van der Waals surface area contributed by atoms with E-state index in [2.05, 4.69) is 5.32 Å². The lowest BCUT2D eigenvalue weighted by Gasteiger charge is -2.15. The van der Waals surface area contributed by atoms with Crippen LogP contribution in [0.2, 0.25) is 0 Å². The van der Waals surface area contributed by atoms with E-state index in [1.165, 1.54) is 16.7 Å². The van der Waals surface area contributed by atoms with Gasteiger partial charge in [-0.3, -0.25) is 14.5 Å². The molecule has 2 amide bonds. The molecular formula is C17H20N2O5S2. The highest BCUT2D eigenvalue weighted by Gasteiger charge is 2.37. The van der Waals surface area contributed by atoms with Crippen molar-refractivity contribution in [2.45, 2.75) is 18.6 Å². The van der Waals surface area contributed by atoms with Gasteiger partial charge in [-0.25, -0.2) is 4.79 Å². The molecule has 0 radical (unpaired) electrons. The van der Waals surface area contributed by atoms with Gasteiger partial charge in [-0.05, 0) is 19.1 Å². The fourth-order valence-corrected chi connectivity index (χ4v) is 3.91. The lowest BCUT2D eigenvalue weighted by molar-refractivity contribution is -0.128. The van der Waals surface area contributed by atoms with Crippen LogP contribution in [0.1, 0.15) is 23.7 Å². The predicted octanol–water partition coefficient (Wildman–Crippen LogP) is 2.07. The highest BCUT2D eigenvalue weighted by atomic mass is 32.2. The van der Waals surface area contributed by atoms with E-state index >= 15 is 0 Å². The Balaban J connectivity index is 2.01. The summed E-state index contributed by atoms with van der Waals surface area (Å²) in [4.78, 5) is 38.2. The van der Waals surface area contributed by atoms with Crippen LogP contribution >= 0.6 is 24.0 Å². The first-order valence-electron chi connectivity index (χ1n) is 8.04. The Bertz CT molecular complexity index is 710. The minimum absolute atomic E-state index is 0.0374. The zero-order valence-electron chi connectivity index (χ0n) is 14.5. The molecule has 140 valence electrons. The molecule has 1 aliphatic heterocycles. The van der Waals surface area contributed by atoms with Gasteiger partial charge in [0.2, 0.25) is 11.8 Å². The van der Waals surface area contributed by atoms with E-state index in [0.29, 0.717) is 23.2 Å². The molecule has 0 bridgehead atoms. The summed E-state index contributed by atoms with van der Waals surface area (Å²) >= 11 is 6.38. The number of carbonyl (C=O) groups is 3. The summed E-state index contributed by atoms with van der Waals surface area (Å²) in [6, 6.07) is 6.58. The van der Waals surface area contributed by atoms with Crippen LogP contribution in [0.4, 0.5) is 5.69 Å². The first-order valence-corrected chi connectivity index (χ1v) is 9.33. The van der Waals surface area contributed by atoms with Crippen molar-refractivity contribution >= 4 is 51.8 Å². The topological polar surface area (TPSA) is 84.9 Å². The second-order valence-electron chi connectivity index (χ2n) is 5.37. The number of thiocarbonyl (C=S) groups is 1. The number of carbonyl (C=O) groups excluding carboxylic acids is 3. The number of anilines is 1. The fourth-order valence-electron chi connectivity index (χ4n) is 2.36. The number of methoxy groups -OCH3 is 1. The molecule has 1 unspecified atom stereocenters. The minimum atomic E-state index is -0.575. The Kier molecular flexibility index (Phi) is 7.55. The van der Waals surface area contributed by atoms with Gasteiger partial charge in [0.25, 0.3) is 0 Å². The molecule has 1 heterocycles. The molecule has 1 saturated heterocycles. The maximum absolute atomic E-state index is 12.4. The highest BCUT2D eigenvalue weighted by molar-refractivity contribution is 8.24. The Hall–Kier alpha value is -1.97. The Morgan fingerprint density at radius 1 is 1.35 bits per heavy atom. The van der Waals surface area contributed by atoms with Crippen LogP contribution in [0.25, 0.3) is 0 Å². The molecule has 0 aromatic heterocycles. The third kappa shape index (κ3) is 5.03. The number of rotatable bonds is 8. The van der Waals surface area contributed by atoms with Crippen molar-refractivity contribution in [1.82, 2.24) is 4.90 Å². The molecule has 26 heavy (non-hydrogen) atoms. The number of hydrogen-bond donors (Lipinski definition) is 1. The largest absolute Gasteiger partial charge is 0.462 e. The third-order valence-electron chi connectivity index (χ3n) is 3.59. The van der Waals surface area contributed by atoms with E-state index < -0.39 is 11.2 Å². The molecule has 9 heteroatoms. The van der Waals surface area contributed by atoms with Gasteiger partial charge in [0, 0.05) is 13.5 Å². The summed E-state index contributed by atoms with van der Waals surface area (Å²) in [5.74, 6) is -1.09. The van der Waals surface area contributed by atoms with Gasteiger partial charge in [0.05, 0.1) is 36.3 Å². The molecule has 0 aliphatic carbocycles. The third-order valence-corrected chi connectivity index (χ3v) is 5.18. The number of benzene rings is 1. The smallest absolute Gasteiger partial charge is 0.340 e. The number of esters is 1. The molecule has 1 aliphatic rings. The molecule has 1 N–H and O–H groups in total. The quantitative estimate of drug-likeness (QED) is 0.532. The molecular weight excluding hydrogens is 376 g/mol. The van der Waals surface area contributed by atoms with Crippen molar-refractivity contribution in [2.24, 2.45) is 0 Å². The van der Waals surface area contributed by atoms with Crippen LogP contribution in [0, 0.1) is 0 Å². The van der Waals surface area contributed by atoms with E-state index in [1.54, 1.807) is 38.3 Å². The zero-order valence-corrected chi connectivity index (χ0v) is 16.2. The van der Waals surface area contributed by atoms with Crippen molar-refractivity contribution in [3.05, 3.63) is 29.8 Å². The summed E-state index contributed by atoms with van der Waals surface area (Å²) in [5.41, 5.74) is 0.621. The van der Waals surface area contributed by atoms with Crippen LogP contribution in [0.5, 0.6) is 0 Å². The summed E-state index contributed by atoms with van der Waals surface area (Å²) in [6.45, 7) is 2.69. The van der Waals surface area contributed by atoms with Crippen LogP contribution in [0.15, 0.2) is 24.3 Å². The Morgan fingerprint density at radius 3 is 2.77 bits per heavy atom. The summed E-state index contributed by atoms with van der Waals surface area (Å²) in [6.07, 6.45) is -0.0374. The summed E-state index contributed by atoms with van der Waals surface area (Å²) in [5, 5.41) is 2.10. The predicted molar refractivity (Wildman–Crippen MR) is 103 cm³/mol. The van der Waals surface area contributed by atoms with Crippen LogP contribution in [-0.4, -0.2) is 59.1 Å². The lowest BCUT2D eigenvalue weighted by Crippen LogP contribution is -2.35.